The Labute approximate surface area is 178 Å². The Kier molecular flexibility index (Phi) is 5.68. The summed E-state index contributed by atoms with van der Waals surface area (Å²) in [6.07, 6.45) is 0. The molecule has 0 saturated heterocycles. The number of esters is 1. The molecule has 0 saturated carbocycles. The molecule has 0 radical (unpaired) electrons. The number of ether oxygens (including phenoxy) is 1. The molecule has 0 aliphatic heterocycles. The normalized spacial score (nSPS) is 10.3. The number of nitrogens with zero attached hydrogens (tertiary/aromatic N) is 2. The minimum absolute atomic E-state index is 0.337. The summed E-state index contributed by atoms with van der Waals surface area (Å²) in [7, 11) is 0. The zero-order chi connectivity index (χ0) is 21.6. The lowest BCUT2D eigenvalue weighted by molar-refractivity contribution is -0.119. The SMILES string of the molecule is N#Cc1cccc(NC(=O)COC(=O)c2cc(-c3ccccc3)nc3ccccc23)c1. The van der Waals surface area contributed by atoms with E-state index in [0.717, 1.165) is 5.56 Å². The fourth-order valence-electron chi connectivity index (χ4n) is 3.17. The molecule has 0 aliphatic rings. The minimum atomic E-state index is -0.614. The second kappa shape index (κ2) is 8.89. The zero-order valence-corrected chi connectivity index (χ0v) is 16.4. The summed E-state index contributed by atoms with van der Waals surface area (Å²) in [4.78, 5) is 29.7. The predicted octanol–water partition coefficient (Wildman–Crippen LogP) is 4.57. The molecule has 1 amide bonds. The van der Waals surface area contributed by atoms with Crippen molar-refractivity contribution in [2.24, 2.45) is 0 Å². The number of pyridine rings is 1. The number of fused-ring (bicyclic) bond motifs is 1. The van der Waals surface area contributed by atoms with E-state index in [2.05, 4.69) is 10.3 Å². The summed E-state index contributed by atoms with van der Waals surface area (Å²) < 4.78 is 5.27. The monoisotopic (exact) mass is 407 g/mol. The maximum Gasteiger partial charge on any atom is 0.339 e. The Morgan fingerprint density at radius 1 is 0.935 bits per heavy atom. The van der Waals surface area contributed by atoms with Crippen LogP contribution in [0.5, 0.6) is 0 Å². The number of aromatic nitrogens is 1. The molecule has 1 aromatic heterocycles. The third-order valence-corrected chi connectivity index (χ3v) is 4.62. The molecule has 6 nitrogen and oxygen atoms in total. The summed E-state index contributed by atoms with van der Waals surface area (Å²) in [6.45, 7) is -0.451. The number of para-hydroxylation sites is 1. The Morgan fingerprint density at radius 2 is 1.71 bits per heavy atom. The molecule has 0 bridgehead atoms. The van der Waals surface area contributed by atoms with Crippen LogP contribution in [0.1, 0.15) is 15.9 Å². The van der Waals surface area contributed by atoms with Gasteiger partial charge in [0.25, 0.3) is 5.91 Å². The van der Waals surface area contributed by atoms with Crippen LogP contribution in [0.4, 0.5) is 5.69 Å². The lowest BCUT2D eigenvalue weighted by Crippen LogP contribution is -2.21. The highest BCUT2D eigenvalue weighted by atomic mass is 16.5. The van der Waals surface area contributed by atoms with Crippen LogP contribution in [-0.4, -0.2) is 23.5 Å². The van der Waals surface area contributed by atoms with Crippen LogP contribution in [0.15, 0.2) is 84.9 Å². The minimum Gasteiger partial charge on any atom is -0.452 e. The van der Waals surface area contributed by atoms with Gasteiger partial charge in [0.15, 0.2) is 6.61 Å². The van der Waals surface area contributed by atoms with E-state index in [1.54, 1.807) is 36.4 Å². The Balaban J connectivity index is 1.54. The molecule has 0 unspecified atom stereocenters. The van der Waals surface area contributed by atoms with E-state index in [0.29, 0.717) is 33.4 Å². The average molecular weight is 407 g/mol. The first-order valence-electron chi connectivity index (χ1n) is 9.56. The number of nitriles is 1. The largest absolute Gasteiger partial charge is 0.452 e. The summed E-state index contributed by atoms with van der Waals surface area (Å²) >= 11 is 0. The maximum absolute atomic E-state index is 12.8. The number of carbonyl (C=O) groups is 2. The molecule has 6 heteroatoms. The van der Waals surface area contributed by atoms with Gasteiger partial charge < -0.3 is 10.1 Å². The van der Waals surface area contributed by atoms with Crippen molar-refractivity contribution >= 4 is 28.5 Å². The zero-order valence-electron chi connectivity index (χ0n) is 16.4. The number of anilines is 1. The van der Waals surface area contributed by atoms with Crippen molar-refractivity contribution < 1.29 is 14.3 Å². The molecule has 1 N–H and O–H groups in total. The lowest BCUT2D eigenvalue weighted by atomic mass is 10.0. The van der Waals surface area contributed by atoms with Crippen molar-refractivity contribution in [2.45, 2.75) is 0 Å². The smallest absolute Gasteiger partial charge is 0.339 e. The van der Waals surface area contributed by atoms with Crippen LogP contribution in [0, 0.1) is 11.3 Å². The van der Waals surface area contributed by atoms with Gasteiger partial charge in [-0.25, -0.2) is 9.78 Å². The van der Waals surface area contributed by atoms with Crippen LogP contribution in [-0.2, 0) is 9.53 Å². The van der Waals surface area contributed by atoms with E-state index < -0.39 is 18.5 Å². The first kappa shape index (κ1) is 19.8. The van der Waals surface area contributed by atoms with Gasteiger partial charge in [-0.05, 0) is 30.3 Å². The second-order valence-electron chi connectivity index (χ2n) is 6.76. The first-order chi connectivity index (χ1) is 15.1. The highest BCUT2D eigenvalue weighted by Gasteiger charge is 2.16. The number of hydrogen-bond acceptors (Lipinski definition) is 5. The number of rotatable bonds is 5. The number of nitrogens with one attached hydrogen (secondary N) is 1. The van der Waals surface area contributed by atoms with Gasteiger partial charge in [0.1, 0.15) is 0 Å². The molecule has 150 valence electrons. The standard InChI is InChI=1S/C25H17N3O3/c26-15-17-7-6-10-19(13-17)27-24(29)16-31-25(30)21-14-23(18-8-2-1-3-9-18)28-22-12-5-4-11-20(21)22/h1-14H,16H2,(H,27,29). The van der Waals surface area contributed by atoms with E-state index in [4.69, 9.17) is 10.00 Å². The Bertz CT molecular complexity index is 1310. The van der Waals surface area contributed by atoms with Gasteiger partial charge in [0.2, 0.25) is 0 Å². The molecule has 31 heavy (non-hydrogen) atoms. The van der Waals surface area contributed by atoms with Crippen LogP contribution < -0.4 is 5.32 Å². The van der Waals surface area contributed by atoms with Crippen molar-refractivity contribution in [1.82, 2.24) is 4.98 Å². The second-order valence-corrected chi connectivity index (χ2v) is 6.76. The van der Waals surface area contributed by atoms with Crippen LogP contribution in [0.25, 0.3) is 22.2 Å². The van der Waals surface area contributed by atoms with Gasteiger partial charge in [-0.3, -0.25) is 4.79 Å². The first-order valence-corrected chi connectivity index (χ1v) is 9.56. The Hall–Kier alpha value is -4.50. The summed E-state index contributed by atoms with van der Waals surface area (Å²) in [5.41, 5.74) is 3.39. The van der Waals surface area contributed by atoms with Crippen LogP contribution in [0.2, 0.25) is 0 Å². The molecule has 0 spiro atoms. The number of hydrogen-bond donors (Lipinski definition) is 1. The molecule has 3 aromatic carbocycles. The molecular formula is C25H17N3O3. The average Bonchev–Trinajstić information content (AvgIpc) is 2.82. The van der Waals surface area contributed by atoms with E-state index in [1.807, 2.05) is 54.6 Å². The third-order valence-electron chi connectivity index (χ3n) is 4.62. The number of amides is 1. The molecule has 0 aliphatic carbocycles. The number of carbonyl (C=O) groups excluding carboxylic acids is 2. The van der Waals surface area contributed by atoms with Gasteiger partial charge in [0, 0.05) is 16.6 Å². The third kappa shape index (κ3) is 4.57. The van der Waals surface area contributed by atoms with Gasteiger partial charge >= 0.3 is 5.97 Å². The van der Waals surface area contributed by atoms with Crippen molar-refractivity contribution in [3.8, 4) is 17.3 Å². The van der Waals surface area contributed by atoms with Crippen molar-refractivity contribution in [1.29, 1.82) is 5.26 Å². The quantitative estimate of drug-likeness (QED) is 0.489. The van der Waals surface area contributed by atoms with E-state index in [9.17, 15) is 9.59 Å². The topological polar surface area (TPSA) is 92.1 Å². The molecule has 4 rings (SSSR count). The summed E-state index contributed by atoms with van der Waals surface area (Å²) in [5.74, 6) is -1.11. The molecular weight excluding hydrogens is 390 g/mol. The van der Waals surface area contributed by atoms with Gasteiger partial charge in [0.05, 0.1) is 28.4 Å². The van der Waals surface area contributed by atoms with E-state index in [1.165, 1.54) is 0 Å². The fraction of sp³-hybridized carbons (Fsp3) is 0.0400. The van der Waals surface area contributed by atoms with E-state index in [-0.39, 0.29) is 0 Å². The highest BCUT2D eigenvalue weighted by Crippen LogP contribution is 2.25. The highest BCUT2D eigenvalue weighted by molar-refractivity contribution is 6.05. The molecule has 0 fully saturated rings. The van der Waals surface area contributed by atoms with Crippen LogP contribution >= 0.6 is 0 Å². The van der Waals surface area contributed by atoms with Gasteiger partial charge in [-0.2, -0.15) is 5.26 Å². The molecule has 0 atom stereocenters. The maximum atomic E-state index is 12.8. The summed E-state index contributed by atoms with van der Waals surface area (Å²) in [5, 5.41) is 12.2. The molecule has 1 heterocycles. The van der Waals surface area contributed by atoms with E-state index >= 15 is 0 Å². The van der Waals surface area contributed by atoms with Crippen molar-refractivity contribution in [2.75, 3.05) is 11.9 Å². The predicted molar refractivity (Wildman–Crippen MR) is 117 cm³/mol. The van der Waals surface area contributed by atoms with Gasteiger partial charge in [-0.1, -0.05) is 54.6 Å². The van der Waals surface area contributed by atoms with Crippen LogP contribution in [0.3, 0.4) is 0 Å². The Morgan fingerprint density at radius 3 is 2.52 bits per heavy atom. The van der Waals surface area contributed by atoms with Crippen molar-refractivity contribution in [3.05, 3.63) is 96.1 Å². The van der Waals surface area contributed by atoms with Gasteiger partial charge in [-0.15, -0.1) is 0 Å². The number of benzene rings is 3. The fourth-order valence-corrected chi connectivity index (χ4v) is 3.17. The van der Waals surface area contributed by atoms with Crippen molar-refractivity contribution in [3.63, 3.8) is 0 Å². The molecule has 4 aromatic rings. The lowest BCUT2D eigenvalue weighted by Gasteiger charge is -2.10. The summed E-state index contributed by atoms with van der Waals surface area (Å²) in [6, 6.07) is 27.0.